The highest BCUT2D eigenvalue weighted by Crippen LogP contribution is 2.27. The number of halogens is 1. The minimum atomic E-state index is -1.56. The van der Waals surface area contributed by atoms with Crippen molar-refractivity contribution in [1.82, 2.24) is 9.97 Å². The van der Waals surface area contributed by atoms with Crippen molar-refractivity contribution in [3.8, 4) is 5.88 Å². The van der Waals surface area contributed by atoms with Gasteiger partial charge in [0, 0.05) is 18.3 Å². The highest BCUT2D eigenvalue weighted by molar-refractivity contribution is 5.35. The lowest BCUT2D eigenvalue weighted by atomic mass is 9.96. The molecule has 6 heteroatoms. The summed E-state index contributed by atoms with van der Waals surface area (Å²) in [6.45, 7) is 2.19. The molecular weight excluding hydrogens is 237 g/mol. The number of ether oxygens (including phenoxy) is 1. The van der Waals surface area contributed by atoms with Gasteiger partial charge in [-0.25, -0.2) is 9.37 Å². The third-order valence-corrected chi connectivity index (χ3v) is 3.12. The molecular formula is C12H18FN3O2. The van der Waals surface area contributed by atoms with Gasteiger partial charge >= 0.3 is 0 Å². The fraction of sp³-hybridized carbons (Fsp3) is 0.667. The molecule has 1 aliphatic heterocycles. The first-order valence-corrected chi connectivity index (χ1v) is 6.01. The molecule has 0 saturated carbocycles. The molecule has 1 N–H and O–H groups in total. The van der Waals surface area contributed by atoms with E-state index in [1.54, 1.807) is 11.0 Å². The second-order valence-electron chi connectivity index (χ2n) is 4.69. The first-order chi connectivity index (χ1) is 8.56. The summed E-state index contributed by atoms with van der Waals surface area (Å²) < 4.78 is 19.2. The first kappa shape index (κ1) is 13.0. The number of aryl methyl sites for hydroxylation is 1. The molecule has 1 unspecified atom stereocenters. The normalized spacial score (nSPS) is 24.1. The van der Waals surface area contributed by atoms with Crippen LogP contribution in [0.2, 0.25) is 0 Å². The van der Waals surface area contributed by atoms with Crippen LogP contribution in [0.15, 0.2) is 6.07 Å². The molecule has 0 aliphatic carbocycles. The first-order valence-electron chi connectivity index (χ1n) is 6.01. The zero-order valence-electron chi connectivity index (χ0n) is 10.7. The summed E-state index contributed by atoms with van der Waals surface area (Å²) in [5.41, 5.74) is -0.783. The Morgan fingerprint density at radius 1 is 1.56 bits per heavy atom. The van der Waals surface area contributed by atoms with E-state index >= 15 is 0 Å². The lowest BCUT2D eigenvalue weighted by Crippen LogP contribution is -2.48. The SMILES string of the molecule is COc1cc(C)nc(N2CCCC(F)(CO)C2)n1. The number of piperidine rings is 1. The highest BCUT2D eigenvalue weighted by atomic mass is 19.1. The molecule has 1 aliphatic rings. The van der Waals surface area contributed by atoms with E-state index in [2.05, 4.69) is 9.97 Å². The van der Waals surface area contributed by atoms with Crippen LogP contribution in [0.5, 0.6) is 5.88 Å². The van der Waals surface area contributed by atoms with E-state index < -0.39 is 12.3 Å². The summed E-state index contributed by atoms with van der Waals surface area (Å²) in [7, 11) is 1.54. The van der Waals surface area contributed by atoms with Gasteiger partial charge in [-0.3, -0.25) is 0 Å². The van der Waals surface area contributed by atoms with Crippen molar-refractivity contribution in [1.29, 1.82) is 0 Å². The van der Waals surface area contributed by atoms with Gasteiger partial charge in [0.05, 0.1) is 20.3 Å². The Bertz CT molecular complexity index is 430. The van der Waals surface area contributed by atoms with Crippen LogP contribution in [0.1, 0.15) is 18.5 Å². The Hall–Kier alpha value is -1.43. The number of methoxy groups -OCH3 is 1. The Morgan fingerprint density at radius 2 is 2.33 bits per heavy atom. The molecule has 18 heavy (non-hydrogen) atoms. The predicted molar refractivity (Wildman–Crippen MR) is 65.7 cm³/mol. The Kier molecular flexibility index (Phi) is 3.65. The van der Waals surface area contributed by atoms with Crippen molar-refractivity contribution < 1.29 is 14.2 Å². The van der Waals surface area contributed by atoms with Gasteiger partial charge in [0.25, 0.3) is 0 Å². The van der Waals surface area contributed by atoms with Crippen molar-refractivity contribution in [2.24, 2.45) is 0 Å². The zero-order valence-corrected chi connectivity index (χ0v) is 10.7. The van der Waals surface area contributed by atoms with Gasteiger partial charge in [-0.2, -0.15) is 4.98 Å². The largest absolute Gasteiger partial charge is 0.481 e. The molecule has 5 nitrogen and oxygen atoms in total. The number of rotatable bonds is 3. The quantitative estimate of drug-likeness (QED) is 0.876. The van der Waals surface area contributed by atoms with Crippen molar-refractivity contribution >= 4 is 5.95 Å². The van der Waals surface area contributed by atoms with E-state index in [1.807, 2.05) is 6.92 Å². The summed E-state index contributed by atoms with van der Waals surface area (Å²) in [5, 5.41) is 9.10. The number of alkyl halides is 1. The maximum Gasteiger partial charge on any atom is 0.228 e. The van der Waals surface area contributed by atoms with Gasteiger partial charge in [0.15, 0.2) is 5.67 Å². The van der Waals surface area contributed by atoms with Crippen LogP contribution in [0, 0.1) is 6.92 Å². The van der Waals surface area contributed by atoms with Crippen molar-refractivity contribution in [2.75, 3.05) is 31.7 Å². The summed E-state index contributed by atoms with van der Waals surface area (Å²) in [6.07, 6.45) is 1.06. The minimum Gasteiger partial charge on any atom is -0.481 e. The van der Waals surface area contributed by atoms with Crippen LogP contribution in [0.25, 0.3) is 0 Å². The third kappa shape index (κ3) is 2.69. The molecule has 2 rings (SSSR count). The summed E-state index contributed by atoms with van der Waals surface area (Å²) in [5.74, 6) is 0.929. The molecule has 0 spiro atoms. The molecule has 1 fully saturated rings. The van der Waals surface area contributed by atoms with Crippen LogP contribution in [-0.4, -0.2) is 47.5 Å². The number of nitrogens with zero attached hydrogens (tertiary/aromatic N) is 3. The van der Waals surface area contributed by atoms with Gasteiger partial charge in [-0.05, 0) is 19.8 Å². The van der Waals surface area contributed by atoms with Gasteiger partial charge in [0.1, 0.15) is 0 Å². The number of aliphatic hydroxyl groups is 1. The van der Waals surface area contributed by atoms with Gasteiger partial charge in [-0.15, -0.1) is 0 Å². The highest BCUT2D eigenvalue weighted by Gasteiger charge is 2.36. The fourth-order valence-electron chi connectivity index (χ4n) is 2.16. The summed E-state index contributed by atoms with van der Waals surface area (Å²) in [6, 6.07) is 1.72. The molecule has 100 valence electrons. The number of aliphatic hydroxyl groups excluding tert-OH is 1. The molecule has 1 aromatic heterocycles. The second-order valence-corrected chi connectivity index (χ2v) is 4.69. The van der Waals surface area contributed by atoms with Crippen molar-refractivity contribution in [2.45, 2.75) is 25.4 Å². The van der Waals surface area contributed by atoms with Gasteiger partial charge in [-0.1, -0.05) is 0 Å². The van der Waals surface area contributed by atoms with E-state index in [-0.39, 0.29) is 6.54 Å². The number of hydrogen-bond donors (Lipinski definition) is 1. The maximum atomic E-state index is 14.1. The van der Waals surface area contributed by atoms with Crippen LogP contribution >= 0.6 is 0 Å². The molecule has 1 atom stereocenters. The van der Waals surface area contributed by atoms with Crippen molar-refractivity contribution in [3.63, 3.8) is 0 Å². The maximum absolute atomic E-state index is 14.1. The molecule has 0 amide bonds. The molecule has 0 radical (unpaired) electrons. The topological polar surface area (TPSA) is 58.5 Å². The third-order valence-electron chi connectivity index (χ3n) is 3.12. The average molecular weight is 255 g/mol. The fourth-order valence-corrected chi connectivity index (χ4v) is 2.16. The Morgan fingerprint density at radius 3 is 3.00 bits per heavy atom. The Labute approximate surface area is 106 Å². The lowest BCUT2D eigenvalue weighted by molar-refractivity contribution is 0.0563. The van der Waals surface area contributed by atoms with E-state index in [1.165, 1.54) is 7.11 Å². The second kappa shape index (κ2) is 5.06. The predicted octanol–water partition coefficient (Wildman–Crippen LogP) is 1.09. The van der Waals surface area contributed by atoms with Crippen LogP contribution in [0.3, 0.4) is 0 Å². The van der Waals surface area contributed by atoms with E-state index in [9.17, 15) is 4.39 Å². The van der Waals surface area contributed by atoms with Crippen LogP contribution < -0.4 is 9.64 Å². The number of aromatic nitrogens is 2. The average Bonchev–Trinajstić information content (AvgIpc) is 2.38. The molecule has 1 aromatic rings. The molecule has 1 saturated heterocycles. The van der Waals surface area contributed by atoms with Crippen LogP contribution in [-0.2, 0) is 0 Å². The summed E-state index contributed by atoms with van der Waals surface area (Å²) in [4.78, 5) is 10.3. The smallest absolute Gasteiger partial charge is 0.228 e. The number of hydrogen-bond acceptors (Lipinski definition) is 5. The monoisotopic (exact) mass is 255 g/mol. The Balaban J connectivity index is 2.23. The van der Waals surface area contributed by atoms with Crippen LogP contribution in [0.4, 0.5) is 10.3 Å². The van der Waals surface area contributed by atoms with E-state index in [4.69, 9.17) is 9.84 Å². The zero-order chi connectivity index (χ0) is 13.2. The minimum absolute atomic E-state index is 0.121. The molecule has 0 aromatic carbocycles. The van der Waals surface area contributed by atoms with E-state index in [0.29, 0.717) is 31.2 Å². The summed E-state index contributed by atoms with van der Waals surface area (Å²) >= 11 is 0. The van der Waals surface area contributed by atoms with Gasteiger partial charge < -0.3 is 14.7 Å². The molecule has 0 bridgehead atoms. The van der Waals surface area contributed by atoms with Crippen molar-refractivity contribution in [3.05, 3.63) is 11.8 Å². The lowest BCUT2D eigenvalue weighted by Gasteiger charge is -2.36. The molecule has 2 heterocycles. The van der Waals surface area contributed by atoms with Gasteiger partial charge in [0.2, 0.25) is 11.8 Å². The standard InChI is InChI=1S/C12H18FN3O2/c1-9-6-10(18-2)15-11(14-9)16-5-3-4-12(13,7-16)8-17/h6,17H,3-5,7-8H2,1-2H3. The number of anilines is 1. The van der Waals surface area contributed by atoms with E-state index in [0.717, 1.165) is 5.69 Å².